The number of likely N-dealkylation sites (N-methyl/N-ethyl adjacent to an activating group) is 1. The molecular weight excluding hydrogens is 333 g/mol. The second-order valence-electron chi connectivity index (χ2n) is 5.05. The highest BCUT2D eigenvalue weighted by atomic mass is 79.9. The molecule has 1 aromatic heterocycles. The third-order valence-corrected chi connectivity index (χ3v) is 4.34. The summed E-state index contributed by atoms with van der Waals surface area (Å²) in [6, 6.07) is 7.33. The molecule has 0 bridgehead atoms. The molecule has 21 heavy (non-hydrogen) atoms. The van der Waals surface area contributed by atoms with Gasteiger partial charge in [-0.2, -0.15) is 5.10 Å². The molecule has 2 rings (SSSR count). The lowest BCUT2D eigenvalue weighted by Gasteiger charge is -2.20. The summed E-state index contributed by atoms with van der Waals surface area (Å²) in [7, 11) is 0. The SMILES string of the molecule is CCNC(Cc1cc(C)nn1CC)c1cccc(F)c1Br. The second-order valence-corrected chi connectivity index (χ2v) is 5.84. The molecule has 2 aromatic rings. The van der Waals surface area contributed by atoms with Crippen LogP contribution in [0.1, 0.15) is 36.8 Å². The van der Waals surface area contributed by atoms with Crippen molar-refractivity contribution in [3.63, 3.8) is 0 Å². The molecule has 1 unspecified atom stereocenters. The van der Waals surface area contributed by atoms with Crippen LogP contribution in [0.3, 0.4) is 0 Å². The van der Waals surface area contributed by atoms with Crippen LogP contribution in [-0.4, -0.2) is 16.3 Å². The Bertz CT molecular complexity index is 610. The Morgan fingerprint density at radius 3 is 2.81 bits per heavy atom. The Hall–Kier alpha value is -1.20. The number of hydrogen-bond donors (Lipinski definition) is 1. The minimum atomic E-state index is -0.226. The van der Waals surface area contributed by atoms with E-state index in [0.29, 0.717) is 4.47 Å². The highest BCUT2D eigenvalue weighted by Gasteiger charge is 2.18. The van der Waals surface area contributed by atoms with Gasteiger partial charge >= 0.3 is 0 Å². The fraction of sp³-hybridized carbons (Fsp3) is 0.438. The maximum atomic E-state index is 13.8. The smallest absolute Gasteiger partial charge is 0.137 e. The summed E-state index contributed by atoms with van der Waals surface area (Å²) in [6.45, 7) is 7.80. The zero-order valence-electron chi connectivity index (χ0n) is 12.7. The zero-order valence-corrected chi connectivity index (χ0v) is 14.2. The van der Waals surface area contributed by atoms with Gasteiger partial charge in [0.1, 0.15) is 5.82 Å². The molecule has 1 heterocycles. The van der Waals surface area contributed by atoms with Crippen LogP contribution in [0.25, 0.3) is 0 Å². The first kappa shape index (κ1) is 16.2. The molecule has 1 aromatic carbocycles. The largest absolute Gasteiger partial charge is 0.310 e. The van der Waals surface area contributed by atoms with Gasteiger partial charge in [0.15, 0.2) is 0 Å². The van der Waals surface area contributed by atoms with Gasteiger partial charge in [-0.1, -0.05) is 19.1 Å². The summed E-state index contributed by atoms with van der Waals surface area (Å²) in [4.78, 5) is 0. The third kappa shape index (κ3) is 3.71. The molecule has 1 atom stereocenters. The summed E-state index contributed by atoms with van der Waals surface area (Å²) in [5.74, 6) is -0.226. The van der Waals surface area contributed by atoms with E-state index in [9.17, 15) is 4.39 Å². The van der Waals surface area contributed by atoms with E-state index in [1.807, 2.05) is 17.7 Å². The third-order valence-electron chi connectivity index (χ3n) is 3.51. The minimum absolute atomic E-state index is 0.0569. The Labute approximate surface area is 133 Å². The molecule has 0 saturated carbocycles. The van der Waals surface area contributed by atoms with Gasteiger partial charge in [-0.05, 0) is 54.0 Å². The number of benzene rings is 1. The molecule has 5 heteroatoms. The highest BCUT2D eigenvalue weighted by molar-refractivity contribution is 9.10. The van der Waals surface area contributed by atoms with Crippen molar-refractivity contribution in [2.45, 2.75) is 39.8 Å². The topological polar surface area (TPSA) is 29.9 Å². The summed E-state index contributed by atoms with van der Waals surface area (Å²) >= 11 is 3.37. The fourth-order valence-corrected chi connectivity index (χ4v) is 3.12. The summed E-state index contributed by atoms with van der Waals surface area (Å²) in [5, 5.41) is 7.92. The molecule has 0 amide bonds. The van der Waals surface area contributed by atoms with Crippen LogP contribution in [-0.2, 0) is 13.0 Å². The average molecular weight is 354 g/mol. The van der Waals surface area contributed by atoms with Gasteiger partial charge in [0.2, 0.25) is 0 Å². The summed E-state index contributed by atoms with van der Waals surface area (Å²) in [5.41, 5.74) is 3.12. The van der Waals surface area contributed by atoms with E-state index in [0.717, 1.165) is 36.5 Å². The molecule has 1 N–H and O–H groups in total. The van der Waals surface area contributed by atoms with Crippen LogP contribution < -0.4 is 5.32 Å². The van der Waals surface area contributed by atoms with Gasteiger partial charge in [-0.25, -0.2) is 4.39 Å². The number of halogens is 2. The molecule has 0 spiro atoms. The first-order valence-corrected chi connectivity index (χ1v) is 8.06. The van der Waals surface area contributed by atoms with Gasteiger partial charge in [0, 0.05) is 24.7 Å². The molecule has 0 radical (unpaired) electrons. The maximum Gasteiger partial charge on any atom is 0.137 e. The van der Waals surface area contributed by atoms with E-state index >= 15 is 0 Å². The lowest BCUT2D eigenvalue weighted by molar-refractivity contribution is 0.510. The van der Waals surface area contributed by atoms with E-state index in [4.69, 9.17) is 0 Å². The van der Waals surface area contributed by atoms with E-state index in [1.54, 1.807) is 6.07 Å². The number of aryl methyl sites for hydroxylation is 2. The van der Waals surface area contributed by atoms with Gasteiger partial charge in [0.05, 0.1) is 10.2 Å². The highest BCUT2D eigenvalue weighted by Crippen LogP contribution is 2.28. The van der Waals surface area contributed by atoms with Crippen molar-refractivity contribution in [2.24, 2.45) is 0 Å². The molecule has 0 aliphatic carbocycles. The van der Waals surface area contributed by atoms with Crippen LogP contribution in [0.4, 0.5) is 4.39 Å². The van der Waals surface area contributed by atoms with Crippen molar-refractivity contribution in [1.82, 2.24) is 15.1 Å². The number of rotatable bonds is 6. The minimum Gasteiger partial charge on any atom is -0.310 e. The lowest BCUT2D eigenvalue weighted by atomic mass is 10.0. The lowest BCUT2D eigenvalue weighted by Crippen LogP contribution is -2.24. The Balaban J connectivity index is 2.33. The van der Waals surface area contributed by atoms with Gasteiger partial charge in [0.25, 0.3) is 0 Å². The normalized spacial score (nSPS) is 12.6. The zero-order chi connectivity index (χ0) is 15.4. The maximum absolute atomic E-state index is 13.8. The molecule has 0 saturated heterocycles. The fourth-order valence-electron chi connectivity index (χ4n) is 2.57. The Morgan fingerprint density at radius 1 is 1.38 bits per heavy atom. The van der Waals surface area contributed by atoms with Crippen molar-refractivity contribution >= 4 is 15.9 Å². The summed E-state index contributed by atoms with van der Waals surface area (Å²) in [6.07, 6.45) is 0.782. The molecule has 3 nitrogen and oxygen atoms in total. The van der Waals surface area contributed by atoms with E-state index in [1.165, 1.54) is 6.07 Å². The van der Waals surface area contributed by atoms with Crippen molar-refractivity contribution in [3.8, 4) is 0 Å². The average Bonchev–Trinajstić information content (AvgIpc) is 2.81. The predicted molar refractivity (Wildman–Crippen MR) is 86.9 cm³/mol. The van der Waals surface area contributed by atoms with Gasteiger partial charge < -0.3 is 5.32 Å². The molecular formula is C16H21BrFN3. The monoisotopic (exact) mass is 353 g/mol. The van der Waals surface area contributed by atoms with Crippen molar-refractivity contribution in [2.75, 3.05) is 6.54 Å². The van der Waals surface area contributed by atoms with E-state index in [-0.39, 0.29) is 11.9 Å². The number of nitrogens with zero attached hydrogens (tertiary/aromatic N) is 2. The van der Waals surface area contributed by atoms with Crippen molar-refractivity contribution in [3.05, 3.63) is 51.5 Å². The Morgan fingerprint density at radius 2 is 2.14 bits per heavy atom. The first-order chi connectivity index (χ1) is 10.1. The quantitative estimate of drug-likeness (QED) is 0.850. The van der Waals surface area contributed by atoms with Crippen LogP contribution >= 0.6 is 15.9 Å². The standard InChI is InChI=1S/C16H21BrFN3/c1-4-19-15(13-7-6-8-14(18)16(13)17)10-12-9-11(3)20-21(12)5-2/h6-9,15,19H,4-5,10H2,1-3H3. The van der Waals surface area contributed by atoms with Crippen LogP contribution in [0.2, 0.25) is 0 Å². The molecule has 0 aliphatic heterocycles. The van der Waals surface area contributed by atoms with E-state index < -0.39 is 0 Å². The number of nitrogens with one attached hydrogen (secondary N) is 1. The van der Waals surface area contributed by atoms with Crippen molar-refractivity contribution in [1.29, 1.82) is 0 Å². The molecule has 114 valence electrons. The molecule has 0 aliphatic rings. The van der Waals surface area contributed by atoms with Crippen molar-refractivity contribution < 1.29 is 4.39 Å². The van der Waals surface area contributed by atoms with E-state index in [2.05, 4.69) is 46.3 Å². The number of aromatic nitrogens is 2. The first-order valence-electron chi connectivity index (χ1n) is 7.27. The van der Waals surface area contributed by atoms with Crippen LogP contribution in [0.15, 0.2) is 28.7 Å². The van der Waals surface area contributed by atoms with Gasteiger partial charge in [-0.3, -0.25) is 4.68 Å². The Kier molecular flexibility index (Phi) is 5.53. The molecule has 0 fully saturated rings. The number of hydrogen-bond acceptors (Lipinski definition) is 2. The summed E-state index contributed by atoms with van der Waals surface area (Å²) < 4.78 is 16.3. The van der Waals surface area contributed by atoms with Crippen LogP contribution in [0, 0.1) is 12.7 Å². The second kappa shape index (κ2) is 7.18. The van der Waals surface area contributed by atoms with Gasteiger partial charge in [-0.15, -0.1) is 0 Å². The van der Waals surface area contributed by atoms with Crippen LogP contribution in [0.5, 0.6) is 0 Å². The predicted octanol–water partition coefficient (Wildman–Crippen LogP) is 4.01.